The van der Waals surface area contributed by atoms with Gasteiger partial charge < -0.3 is 14.2 Å². The largest absolute Gasteiger partial charge is 0.462 e. The van der Waals surface area contributed by atoms with Crippen molar-refractivity contribution in [1.82, 2.24) is 0 Å². The predicted octanol–water partition coefficient (Wildman–Crippen LogP) is 24.4. The lowest BCUT2D eigenvalue weighted by Gasteiger charge is -2.18. The van der Waals surface area contributed by atoms with Gasteiger partial charge >= 0.3 is 17.9 Å². The summed E-state index contributed by atoms with van der Waals surface area (Å²) >= 11 is 0. The molecule has 6 nitrogen and oxygen atoms in total. The van der Waals surface area contributed by atoms with Gasteiger partial charge in [-0.2, -0.15) is 0 Å². The summed E-state index contributed by atoms with van der Waals surface area (Å²) in [6.07, 6.45) is 94.7. The van der Waals surface area contributed by atoms with Crippen LogP contribution in [0.15, 0.2) is 97.2 Å². The number of rotatable bonds is 64. The van der Waals surface area contributed by atoms with Crippen molar-refractivity contribution in [2.45, 2.75) is 354 Å². The zero-order valence-corrected chi connectivity index (χ0v) is 54.2. The van der Waals surface area contributed by atoms with Crippen LogP contribution in [0.2, 0.25) is 0 Å². The first-order valence-electron chi connectivity index (χ1n) is 35.2. The lowest BCUT2D eigenvalue weighted by Crippen LogP contribution is -2.30. The minimum atomic E-state index is -0.820. The summed E-state index contributed by atoms with van der Waals surface area (Å²) < 4.78 is 16.9. The predicted molar refractivity (Wildman–Crippen MR) is 357 cm³/mol. The van der Waals surface area contributed by atoms with E-state index in [2.05, 4.69) is 106 Å². The van der Waals surface area contributed by atoms with Crippen molar-refractivity contribution < 1.29 is 28.6 Å². The van der Waals surface area contributed by atoms with Crippen molar-refractivity contribution in [3.8, 4) is 0 Å². The van der Waals surface area contributed by atoms with Crippen molar-refractivity contribution in [3.63, 3.8) is 0 Å². The number of unbranched alkanes of at least 4 members (excludes halogenated alkanes) is 38. The number of hydrogen-bond donors (Lipinski definition) is 0. The van der Waals surface area contributed by atoms with Crippen LogP contribution in [0, 0.1) is 0 Å². The van der Waals surface area contributed by atoms with Crippen LogP contribution in [0.25, 0.3) is 0 Å². The number of esters is 3. The summed E-state index contributed by atoms with van der Waals surface area (Å²) in [5, 5.41) is 0. The summed E-state index contributed by atoms with van der Waals surface area (Å²) in [6.45, 7) is 6.46. The Balaban J connectivity index is 4.27. The molecule has 0 aromatic rings. The van der Waals surface area contributed by atoms with Gasteiger partial charge in [0, 0.05) is 12.8 Å². The fraction of sp³-hybridized carbons (Fsp3) is 0.750. The monoisotopic (exact) mass is 1140 g/mol. The molecule has 0 aliphatic carbocycles. The van der Waals surface area contributed by atoms with Crippen LogP contribution in [-0.2, 0) is 28.6 Å². The van der Waals surface area contributed by atoms with Crippen LogP contribution >= 0.6 is 0 Å². The highest BCUT2D eigenvalue weighted by molar-refractivity contribution is 5.72. The molecular formula is C76H132O6. The van der Waals surface area contributed by atoms with E-state index in [1.165, 1.54) is 231 Å². The van der Waals surface area contributed by atoms with Crippen LogP contribution < -0.4 is 0 Å². The number of carbonyl (C=O) groups is 3. The second-order valence-electron chi connectivity index (χ2n) is 23.4. The molecule has 0 saturated carbocycles. The average Bonchev–Trinajstić information content (AvgIpc) is 3.47. The Bertz CT molecular complexity index is 1590. The van der Waals surface area contributed by atoms with Crippen molar-refractivity contribution in [1.29, 1.82) is 0 Å². The molecule has 0 fully saturated rings. The van der Waals surface area contributed by atoms with Gasteiger partial charge in [0.25, 0.3) is 0 Å². The van der Waals surface area contributed by atoms with E-state index in [9.17, 15) is 14.4 Å². The van der Waals surface area contributed by atoms with Gasteiger partial charge in [0.1, 0.15) is 13.2 Å². The molecule has 0 spiro atoms. The van der Waals surface area contributed by atoms with E-state index in [1.807, 2.05) is 6.08 Å². The first kappa shape index (κ1) is 78.3. The minimum Gasteiger partial charge on any atom is -0.462 e. The van der Waals surface area contributed by atoms with Crippen molar-refractivity contribution in [2.75, 3.05) is 13.2 Å². The summed E-state index contributed by atoms with van der Waals surface area (Å²) in [5.74, 6) is -1.03. The van der Waals surface area contributed by atoms with Gasteiger partial charge in [-0.05, 0) is 103 Å². The van der Waals surface area contributed by atoms with Crippen molar-refractivity contribution in [3.05, 3.63) is 97.2 Å². The first-order chi connectivity index (χ1) is 40.5. The number of ether oxygens (including phenoxy) is 3. The molecule has 0 N–H and O–H groups in total. The molecule has 0 rings (SSSR count). The van der Waals surface area contributed by atoms with Crippen LogP contribution in [0.5, 0.6) is 0 Å². The molecular weight excluding hydrogens is 1010 g/mol. The van der Waals surface area contributed by atoms with Gasteiger partial charge in [-0.1, -0.05) is 323 Å². The van der Waals surface area contributed by atoms with E-state index in [4.69, 9.17) is 14.2 Å². The molecule has 1 atom stereocenters. The Hall–Kier alpha value is -3.67. The molecule has 0 saturated heterocycles. The van der Waals surface area contributed by atoms with E-state index in [0.717, 1.165) is 77.0 Å². The number of allylic oxidation sites excluding steroid dienone is 15. The quantitative estimate of drug-likeness (QED) is 0.0261. The van der Waals surface area contributed by atoms with Gasteiger partial charge in [0.15, 0.2) is 6.10 Å². The smallest absolute Gasteiger partial charge is 0.309 e. The van der Waals surface area contributed by atoms with Crippen LogP contribution in [0.3, 0.4) is 0 Å². The third kappa shape index (κ3) is 67.1. The van der Waals surface area contributed by atoms with E-state index in [1.54, 1.807) is 6.08 Å². The average molecular weight is 1140 g/mol. The lowest BCUT2D eigenvalue weighted by atomic mass is 10.0. The normalized spacial score (nSPS) is 12.7. The second-order valence-corrected chi connectivity index (χ2v) is 23.4. The first-order valence-corrected chi connectivity index (χ1v) is 35.2. The molecule has 82 heavy (non-hydrogen) atoms. The Labute approximate surface area is 508 Å². The van der Waals surface area contributed by atoms with Crippen LogP contribution in [0.4, 0.5) is 0 Å². The second kappa shape index (κ2) is 69.8. The number of carbonyl (C=O) groups excluding carboxylic acids is 3. The van der Waals surface area contributed by atoms with Crippen LogP contribution in [0.1, 0.15) is 348 Å². The Kier molecular flexibility index (Phi) is 66.7. The summed E-state index contributed by atoms with van der Waals surface area (Å²) in [6, 6.07) is 0. The minimum absolute atomic E-state index is 0.106. The maximum absolute atomic E-state index is 12.9. The topological polar surface area (TPSA) is 78.9 Å². The molecule has 1 unspecified atom stereocenters. The van der Waals surface area contributed by atoms with E-state index in [-0.39, 0.29) is 31.6 Å². The third-order valence-electron chi connectivity index (χ3n) is 15.3. The molecule has 0 aliphatic heterocycles. The highest BCUT2D eigenvalue weighted by atomic mass is 16.6. The SMILES string of the molecule is CC/C=C\C/C=C\C/C=C\C/C=C\C/C=C\CC(=O)OCC(COC(=O)CCCCCCCCCCCCCCCCCCCCC/C=C\C/C=C\CCCCCCC)OC(=O)CCCCCCCCC/C=C\CCCCCCCCC. The maximum Gasteiger partial charge on any atom is 0.309 e. The van der Waals surface area contributed by atoms with Gasteiger partial charge in [0.2, 0.25) is 0 Å². The molecule has 0 aromatic carbocycles. The molecule has 472 valence electrons. The highest BCUT2D eigenvalue weighted by Crippen LogP contribution is 2.17. The highest BCUT2D eigenvalue weighted by Gasteiger charge is 2.19. The van der Waals surface area contributed by atoms with Crippen LogP contribution in [-0.4, -0.2) is 37.2 Å². The van der Waals surface area contributed by atoms with E-state index >= 15 is 0 Å². The maximum atomic E-state index is 12.9. The van der Waals surface area contributed by atoms with Crippen molar-refractivity contribution in [2.24, 2.45) is 0 Å². The zero-order valence-electron chi connectivity index (χ0n) is 54.2. The fourth-order valence-corrected chi connectivity index (χ4v) is 10.1. The zero-order chi connectivity index (χ0) is 59.2. The van der Waals surface area contributed by atoms with E-state index in [0.29, 0.717) is 12.8 Å². The molecule has 0 amide bonds. The summed E-state index contributed by atoms with van der Waals surface area (Å²) in [4.78, 5) is 38.3. The van der Waals surface area contributed by atoms with Gasteiger partial charge in [-0.3, -0.25) is 14.4 Å². The fourth-order valence-electron chi connectivity index (χ4n) is 10.1. The number of hydrogen-bond acceptors (Lipinski definition) is 6. The van der Waals surface area contributed by atoms with Crippen molar-refractivity contribution >= 4 is 17.9 Å². The molecule has 0 aliphatic rings. The van der Waals surface area contributed by atoms with Gasteiger partial charge in [-0.25, -0.2) is 0 Å². The Morgan fingerprint density at radius 1 is 0.268 bits per heavy atom. The van der Waals surface area contributed by atoms with Gasteiger partial charge in [-0.15, -0.1) is 0 Å². The summed E-state index contributed by atoms with van der Waals surface area (Å²) in [5.41, 5.74) is 0. The molecule has 0 aromatic heterocycles. The molecule has 0 bridgehead atoms. The molecule has 6 heteroatoms. The molecule has 0 radical (unpaired) electrons. The molecule has 0 heterocycles. The summed E-state index contributed by atoms with van der Waals surface area (Å²) in [7, 11) is 0. The third-order valence-corrected chi connectivity index (χ3v) is 15.3. The Morgan fingerprint density at radius 2 is 0.524 bits per heavy atom. The van der Waals surface area contributed by atoms with E-state index < -0.39 is 12.1 Å². The lowest BCUT2D eigenvalue weighted by molar-refractivity contribution is -0.166. The van der Waals surface area contributed by atoms with Gasteiger partial charge in [0.05, 0.1) is 6.42 Å². The Morgan fingerprint density at radius 3 is 0.866 bits per heavy atom. The standard InChI is InChI=1S/C76H132O6/c1-4-7-10-13-16-19-22-25-28-30-32-33-34-35-36-37-38-39-40-41-42-43-44-46-48-51-54-57-60-63-66-69-75(78)81-72-73(71-80-74(77)68-65-62-59-56-53-50-47-27-24-21-18-15-12-9-6-3)82-76(79)70-67-64-61-58-55-52-49-45-31-29-26-23-20-17-14-11-8-5-2/h9,12,18,21-22,25,27,29-32,47,53,56,62,65,73H,4-8,10-11,13-17,19-20,23-24,26,28,33-46,48-52,54-55,57-61,63-64,66-72H2,1-3H3/b12-9-,21-18-,25-22-,31-29-,32-30-,47-27-,56-53-,65-62-.